The summed E-state index contributed by atoms with van der Waals surface area (Å²) in [6.45, 7) is 4.34. The molecule has 0 radical (unpaired) electrons. The minimum absolute atomic E-state index is 0.0758. The lowest BCUT2D eigenvalue weighted by atomic mass is 9.76. The maximum absolute atomic E-state index is 14.4. The van der Waals surface area contributed by atoms with Crippen LogP contribution in [0.5, 0.6) is 5.75 Å². The monoisotopic (exact) mass is 428 g/mol. The molecule has 162 valence electrons. The van der Waals surface area contributed by atoms with Crippen LogP contribution in [0.1, 0.15) is 42.9 Å². The highest BCUT2D eigenvalue weighted by molar-refractivity contribution is 6.07. The molecule has 7 heteroatoms. The maximum atomic E-state index is 14.4. The first-order valence-electron chi connectivity index (χ1n) is 10.0. The zero-order valence-corrected chi connectivity index (χ0v) is 17.3. The number of alkyl halides is 3. The Morgan fingerprint density at radius 1 is 1.13 bits per heavy atom. The van der Waals surface area contributed by atoms with Crippen molar-refractivity contribution in [1.29, 1.82) is 5.26 Å². The Morgan fingerprint density at radius 3 is 2.32 bits per heavy atom. The van der Waals surface area contributed by atoms with E-state index in [0.29, 0.717) is 17.9 Å². The second kappa shape index (κ2) is 8.84. The summed E-state index contributed by atoms with van der Waals surface area (Å²) < 4.78 is 48.9. The first-order valence-corrected chi connectivity index (χ1v) is 10.0. The van der Waals surface area contributed by atoms with Crippen molar-refractivity contribution in [2.75, 3.05) is 6.61 Å². The molecule has 1 amide bonds. The summed E-state index contributed by atoms with van der Waals surface area (Å²) in [7, 11) is 0. The van der Waals surface area contributed by atoms with Crippen LogP contribution >= 0.6 is 0 Å². The fourth-order valence-corrected chi connectivity index (χ4v) is 3.59. The molecule has 1 atom stereocenters. The van der Waals surface area contributed by atoms with Crippen molar-refractivity contribution in [3.63, 3.8) is 0 Å². The van der Waals surface area contributed by atoms with Crippen molar-refractivity contribution in [2.45, 2.75) is 44.8 Å². The lowest BCUT2D eigenvalue weighted by molar-refractivity contribution is -0.201. The smallest absolute Gasteiger partial charge is 0.416 e. The molecule has 0 aromatic heterocycles. The Balaban J connectivity index is 2.06. The number of unbranched alkanes of at least 4 members (excludes halogenated alkanes) is 1. The molecule has 1 unspecified atom stereocenters. The number of ether oxygens (including phenoxy) is 1. The van der Waals surface area contributed by atoms with Crippen LogP contribution in [0.4, 0.5) is 13.2 Å². The van der Waals surface area contributed by atoms with E-state index < -0.39 is 24.0 Å². The van der Waals surface area contributed by atoms with Gasteiger partial charge in [0.25, 0.3) is 5.91 Å². The fraction of sp³-hybridized carbons (Fsp3) is 0.333. The molecule has 4 nitrogen and oxygen atoms in total. The molecular weight excluding hydrogens is 405 g/mol. The molecule has 2 aromatic carbocycles. The minimum Gasteiger partial charge on any atom is -0.494 e. The number of carbonyl (C=O) groups is 1. The van der Waals surface area contributed by atoms with Crippen LogP contribution in [0, 0.1) is 18.3 Å². The van der Waals surface area contributed by atoms with Crippen molar-refractivity contribution >= 4 is 11.5 Å². The third-order valence-electron chi connectivity index (χ3n) is 5.41. The number of halogens is 3. The minimum atomic E-state index is -4.79. The molecule has 0 bridgehead atoms. The molecule has 1 aliphatic heterocycles. The molecule has 0 fully saturated rings. The Hall–Kier alpha value is -3.27. The molecular formula is C24H23F3N2O2. The lowest BCUT2D eigenvalue weighted by Crippen LogP contribution is -2.58. The topological polar surface area (TPSA) is 62.1 Å². The standard InChI is InChI=1S/C24H23F3N2O2/c1-3-4-13-31-19-11-9-18(10-12-19)23(24(25,26)27)14-20(21(15-28)22(30)29-23)17-7-5-16(2)6-8-17/h5-12H,3-4,13-14H2,1-2H3,(H,29,30). The highest BCUT2D eigenvalue weighted by Gasteiger charge is 2.59. The van der Waals surface area contributed by atoms with Crippen LogP contribution in [0.2, 0.25) is 0 Å². The second-order valence-corrected chi connectivity index (χ2v) is 7.59. The van der Waals surface area contributed by atoms with Crippen molar-refractivity contribution < 1.29 is 22.7 Å². The quantitative estimate of drug-likeness (QED) is 0.624. The van der Waals surface area contributed by atoms with E-state index in [1.54, 1.807) is 30.3 Å². The first kappa shape index (κ1) is 22.4. The maximum Gasteiger partial charge on any atom is 0.416 e. The number of rotatable bonds is 6. The van der Waals surface area contributed by atoms with E-state index in [2.05, 4.69) is 5.32 Å². The highest BCUT2D eigenvalue weighted by atomic mass is 19.4. The summed E-state index contributed by atoms with van der Waals surface area (Å²) in [6, 6.07) is 14.1. The zero-order chi connectivity index (χ0) is 22.6. The van der Waals surface area contributed by atoms with Crippen LogP contribution in [0.15, 0.2) is 54.1 Å². The molecule has 0 saturated carbocycles. The van der Waals surface area contributed by atoms with Crippen LogP contribution < -0.4 is 10.1 Å². The molecule has 1 N–H and O–H groups in total. The van der Waals surface area contributed by atoms with E-state index in [0.717, 1.165) is 18.4 Å². The number of nitrogens with one attached hydrogen (secondary N) is 1. The van der Waals surface area contributed by atoms with E-state index in [1.807, 2.05) is 13.8 Å². The van der Waals surface area contributed by atoms with Gasteiger partial charge < -0.3 is 10.1 Å². The molecule has 1 heterocycles. The molecule has 2 aromatic rings. The highest BCUT2D eigenvalue weighted by Crippen LogP contribution is 2.48. The van der Waals surface area contributed by atoms with E-state index in [1.165, 1.54) is 24.3 Å². The van der Waals surface area contributed by atoms with E-state index in [-0.39, 0.29) is 16.7 Å². The lowest BCUT2D eigenvalue weighted by Gasteiger charge is -2.40. The average Bonchev–Trinajstić information content (AvgIpc) is 2.73. The molecule has 0 spiro atoms. The van der Waals surface area contributed by atoms with Crippen LogP contribution in [0.25, 0.3) is 5.57 Å². The van der Waals surface area contributed by atoms with Gasteiger partial charge in [-0.25, -0.2) is 0 Å². The van der Waals surface area contributed by atoms with Gasteiger partial charge >= 0.3 is 6.18 Å². The normalized spacial score (nSPS) is 19.0. The van der Waals surface area contributed by atoms with Crippen LogP contribution in [-0.4, -0.2) is 18.7 Å². The summed E-state index contributed by atoms with van der Waals surface area (Å²) in [5, 5.41) is 11.5. The van der Waals surface area contributed by atoms with Gasteiger partial charge in [0.05, 0.1) is 6.61 Å². The molecule has 3 rings (SSSR count). The Labute approximate surface area is 179 Å². The number of nitrogens with zero attached hydrogens (tertiary/aromatic N) is 1. The summed E-state index contributed by atoms with van der Waals surface area (Å²) in [5.41, 5.74) is -1.64. The number of carbonyl (C=O) groups excluding carboxylic acids is 1. The van der Waals surface area contributed by atoms with Crippen LogP contribution in [0.3, 0.4) is 0 Å². The SMILES string of the molecule is CCCCOc1ccc(C2(C(F)(F)F)CC(c3ccc(C)cc3)=C(C#N)C(=O)N2)cc1. The second-order valence-electron chi connectivity index (χ2n) is 7.59. The van der Waals surface area contributed by atoms with Crippen molar-refractivity contribution in [1.82, 2.24) is 5.32 Å². The number of benzene rings is 2. The molecule has 31 heavy (non-hydrogen) atoms. The number of nitriles is 1. The zero-order valence-electron chi connectivity index (χ0n) is 17.3. The first-order chi connectivity index (χ1) is 14.7. The Bertz CT molecular complexity index is 1020. The summed E-state index contributed by atoms with van der Waals surface area (Å²) in [4.78, 5) is 12.6. The van der Waals surface area contributed by atoms with E-state index in [9.17, 15) is 23.2 Å². The molecule has 1 aliphatic rings. The van der Waals surface area contributed by atoms with E-state index in [4.69, 9.17) is 4.74 Å². The van der Waals surface area contributed by atoms with Crippen molar-refractivity contribution in [3.8, 4) is 11.8 Å². The van der Waals surface area contributed by atoms with Crippen LogP contribution in [-0.2, 0) is 10.3 Å². The number of aryl methyl sites for hydroxylation is 1. The van der Waals surface area contributed by atoms with Gasteiger partial charge in [0.1, 0.15) is 17.4 Å². The largest absolute Gasteiger partial charge is 0.494 e. The van der Waals surface area contributed by atoms with Gasteiger partial charge in [-0.2, -0.15) is 18.4 Å². The third-order valence-corrected chi connectivity index (χ3v) is 5.41. The van der Waals surface area contributed by atoms with Gasteiger partial charge in [0.2, 0.25) is 0 Å². The van der Waals surface area contributed by atoms with Gasteiger partial charge in [-0.1, -0.05) is 55.3 Å². The Morgan fingerprint density at radius 2 is 1.77 bits per heavy atom. The number of amides is 1. The molecule has 0 saturated heterocycles. The summed E-state index contributed by atoms with van der Waals surface area (Å²) in [6.07, 6.45) is -3.59. The van der Waals surface area contributed by atoms with Crippen molar-refractivity contribution in [3.05, 3.63) is 70.8 Å². The van der Waals surface area contributed by atoms with Gasteiger partial charge in [0.15, 0.2) is 5.54 Å². The predicted octanol–water partition coefficient (Wildman–Crippen LogP) is 5.43. The van der Waals surface area contributed by atoms with E-state index >= 15 is 0 Å². The fourth-order valence-electron chi connectivity index (χ4n) is 3.59. The average molecular weight is 428 g/mol. The van der Waals surface area contributed by atoms with Gasteiger partial charge in [-0.05, 0) is 42.2 Å². The van der Waals surface area contributed by atoms with Gasteiger partial charge in [-0.15, -0.1) is 0 Å². The molecule has 0 aliphatic carbocycles. The third kappa shape index (κ3) is 4.43. The Kier molecular flexibility index (Phi) is 6.40. The number of hydrogen-bond donors (Lipinski definition) is 1. The summed E-state index contributed by atoms with van der Waals surface area (Å²) in [5.74, 6) is -0.575. The number of hydrogen-bond acceptors (Lipinski definition) is 3. The predicted molar refractivity (Wildman–Crippen MR) is 111 cm³/mol. The van der Waals surface area contributed by atoms with Crippen molar-refractivity contribution in [2.24, 2.45) is 0 Å². The van der Waals surface area contributed by atoms with Gasteiger partial charge in [-0.3, -0.25) is 4.79 Å². The van der Waals surface area contributed by atoms with Gasteiger partial charge in [0, 0.05) is 6.42 Å². The summed E-state index contributed by atoms with van der Waals surface area (Å²) >= 11 is 0.